The number of nitrogens with one attached hydrogen (secondary N) is 2. The lowest BCUT2D eigenvalue weighted by atomic mass is 10.1. The van der Waals surface area contributed by atoms with Gasteiger partial charge in [-0.2, -0.15) is 5.26 Å². The summed E-state index contributed by atoms with van der Waals surface area (Å²) in [5.41, 5.74) is 2.74. The molecule has 5 heteroatoms. The maximum absolute atomic E-state index is 12.0. The van der Waals surface area contributed by atoms with Gasteiger partial charge in [0, 0.05) is 18.3 Å². The summed E-state index contributed by atoms with van der Waals surface area (Å²) >= 11 is 0. The fraction of sp³-hybridized carbons (Fsp3) is 0.118. The van der Waals surface area contributed by atoms with Crippen molar-refractivity contribution in [1.82, 2.24) is 0 Å². The fourth-order valence-electron chi connectivity index (χ4n) is 1.93. The first-order valence-corrected chi connectivity index (χ1v) is 6.73. The maximum Gasteiger partial charge on any atom is 0.228 e. The third kappa shape index (κ3) is 4.46. The molecule has 110 valence electrons. The van der Waals surface area contributed by atoms with Crippen molar-refractivity contribution in [2.24, 2.45) is 0 Å². The van der Waals surface area contributed by atoms with E-state index in [1.54, 1.807) is 48.5 Å². The predicted molar refractivity (Wildman–Crippen MR) is 84.2 cm³/mol. The minimum atomic E-state index is -0.142. The lowest BCUT2D eigenvalue weighted by Gasteiger charge is -2.06. The first-order valence-electron chi connectivity index (χ1n) is 6.73. The monoisotopic (exact) mass is 293 g/mol. The molecule has 0 radical (unpaired) electrons. The number of carbonyl (C=O) groups is 2. The molecule has 0 fully saturated rings. The summed E-state index contributed by atoms with van der Waals surface area (Å²) in [7, 11) is 0. The molecule has 0 aliphatic carbocycles. The van der Waals surface area contributed by atoms with Gasteiger partial charge in [0.1, 0.15) is 0 Å². The van der Waals surface area contributed by atoms with Gasteiger partial charge in [-0.25, -0.2) is 0 Å². The Morgan fingerprint density at radius 3 is 2.05 bits per heavy atom. The molecular formula is C17H15N3O2. The zero-order chi connectivity index (χ0) is 15.9. The molecule has 0 bridgehead atoms. The van der Waals surface area contributed by atoms with Crippen molar-refractivity contribution in [2.45, 2.75) is 13.3 Å². The highest BCUT2D eigenvalue weighted by molar-refractivity contribution is 5.92. The second-order valence-corrected chi connectivity index (χ2v) is 4.79. The van der Waals surface area contributed by atoms with Gasteiger partial charge in [-0.1, -0.05) is 12.1 Å². The third-order valence-corrected chi connectivity index (χ3v) is 2.94. The molecule has 0 saturated heterocycles. The van der Waals surface area contributed by atoms with Gasteiger partial charge < -0.3 is 10.6 Å². The molecule has 0 atom stereocenters. The number of hydrogen-bond acceptors (Lipinski definition) is 3. The lowest BCUT2D eigenvalue weighted by molar-refractivity contribution is -0.116. The van der Waals surface area contributed by atoms with Crippen LogP contribution in [0.15, 0.2) is 48.5 Å². The van der Waals surface area contributed by atoms with E-state index in [1.807, 2.05) is 6.07 Å². The normalized spacial score (nSPS) is 9.64. The molecule has 22 heavy (non-hydrogen) atoms. The van der Waals surface area contributed by atoms with Gasteiger partial charge in [-0.05, 0) is 42.0 Å². The van der Waals surface area contributed by atoms with Gasteiger partial charge in [0.2, 0.25) is 11.8 Å². The van der Waals surface area contributed by atoms with Crippen molar-refractivity contribution in [3.05, 3.63) is 59.7 Å². The highest BCUT2D eigenvalue weighted by Gasteiger charge is 2.05. The predicted octanol–water partition coefficient (Wildman–Crippen LogP) is 2.70. The number of nitriles is 1. The molecule has 2 aromatic rings. The van der Waals surface area contributed by atoms with Gasteiger partial charge in [0.25, 0.3) is 0 Å². The van der Waals surface area contributed by atoms with Gasteiger partial charge in [0.15, 0.2) is 0 Å². The minimum absolute atomic E-state index is 0.133. The second kappa shape index (κ2) is 7.04. The van der Waals surface area contributed by atoms with E-state index in [4.69, 9.17) is 5.26 Å². The Morgan fingerprint density at radius 2 is 1.50 bits per heavy atom. The maximum atomic E-state index is 12.0. The van der Waals surface area contributed by atoms with Crippen molar-refractivity contribution >= 4 is 23.2 Å². The summed E-state index contributed by atoms with van der Waals surface area (Å²) in [6.07, 6.45) is 0.236. The molecule has 0 aliphatic rings. The average Bonchev–Trinajstić information content (AvgIpc) is 2.49. The molecule has 0 aromatic heterocycles. The van der Waals surface area contributed by atoms with Crippen molar-refractivity contribution in [3.63, 3.8) is 0 Å². The number of amides is 2. The van der Waals surface area contributed by atoms with E-state index in [-0.39, 0.29) is 18.2 Å². The number of nitrogens with zero attached hydrogens (tertiary/aromatic N) is 1. The first kappa shape index (κ1) is 15.3. The van der Waals surface area contributed by atoms with Crippen molar-refractivity contribution in [3.8, 4) is 6.07 Å². The summed E-state index contributed by atoms with van der Waals surface area (Å²) < 4.78 is 0. The number of carbonyl (C=O) groups excluding carboxylic acids is 2. The van der Waals surface area contributed by atoms with E-state index in [1.165, 1.54) is 6.92 Å². The molecule has 0 aliphatic heterocycles. The minimum Gasteiger partial charge on any atom is -0.326 e. The molecule has 5 nitrogen and oxygen atoms in total. The van der Waals surface area contributed by atoms with Crippen LogP contribution in [-0.2, 0) is 16.0 Å². The van der Waals surface area contributed by atoms with Crippen molar-refractivity contribution in [2.75, 3.05) is 10.6 Å². The summed E-state index contributed by atoms with van der Waals surface area (Å²) in [5, 5.41) is 14.2. The standard InChI is InChI=1S/C17H15N3O2/c1-12(21)19-15-6-2-13(3-7-15)10-17(22)20-16-8-4-14(11-18)5-9-16/h2-9H,10H2,1H3,(H,19,21)(H,20,22). The molecule has 2 aromatic carbocycles. The van der Waals surface area contributed by atoms with Crippen LogP contribution in [-0.4, -0.2) is 11.8 Å². The van der Waals surface area contributed by atoms with E-state index in [2.05, 4.69) is 10.6 Å². The Bertz CT molecular complexity index is 713. The summed E-state index contributed by atoms with van der Waals surface area (Å²) in [5.74, 6) is -0.275. The van der Waals surface area contributed by atoms with Gasteiger partial charge >= 0.3 is 0 Å². The Hall–Kier alpha value is -3.13. The zero-order valence-corrected chi connectivity index (χ0v) is 12.1. The summed E-state index contributed by atoms with van der Waals surface area (Å²) in [6, 6.07) is 15.8. The Labute approximate surface area is 128 Å². The van der Waals surface area contributed by atoms with Crippen LogP contribution in [0.2, 0.25) is 0 Å². The van der Waals surface area contributed by atoms with Crippen molar-refractivity contribution in [1.29, 1.82) is 5.26 Å². The molecule has 2 rings (SSSR count). The molecular weight excluding hydrogens is 278 g/mol. The zero-order valence-electron chi connectivity index (χ0n) is 12.1. The number of hydrogen-bond donors (Lipinski definition) is 2. The summed E-state index contributed by atoms with van der Waals surface area (Å²) in [6.45, 7) is 1.44. The molecule has 0 unspecified atom stereocenters. The molecule has 2 amide bonds. The Balaban J connectivity index is 1.93. The fourth-order valence-corrected chi connectivity index (χ4v) is 1.93. The SMILES string of the molecule is CC(=O)Nc1ccc(CC(=O)Nc2ccc(C#N)cc2)cc1. The first-order chi connectivity index (χ1) is 10.6. The van der Waals surface area contributed by atoms with Crippen LogP contribution in [0.4, 0.5) is 11.4 Å². The number of benzene rings is 2. The summed E-state index contributed by atoms with van der Waals surface area (Å²) in [4.78, 5) is 22.9. The highest BCUT2D eigenvalue weighted by atomic mass is 16.2. The van der Waals surface area contributed by atoms with Crippen LogP contribution in [0.1, 0.15) is 18.1 Å². The number of anilines is 2. The molecule has 0 heterocycles. The topological polar surface area (TPSA) is 82.0 Å². The van der Waals surface area contributed by atoms with Gasteiger partial charge in [-0.15, -0.1) is 0 Å². The van der Waals surface area contributed by atoms with Crippen LogP contribution >= 0.6 is 0 Å². The van der Waals surface area contributed by atoms with E-state index < -0.39 is 0 Å². The van der Waals surface area contributed by atoms with Crippen LogP contribution in [0.25, 0.3) is 0 Å². The second-order valence-electron chi connectivity index (χ2n) is 4.79. The third-order valence-electron chi connectivity index (χ3n) is 2.94. The average molecular weight is 293 g/mol. The van der Waals surface area contributed by atoms with Crippen LogP contribution in [0.5, 0.6) is 0 Å². The van der Waals surface area contributed by atoms with E-state index in [9.17, 15) is 9.59 Å². The smallest absolute Gasteiger partial charge is 0.228 e. The molecule has 2 N–H and O–H groups in total. The van der Waals surface area contributed by atoms with Crippen LogP contribution < -0.4 is 10.6 Å². The van der Waals surface area contributed by atoms with Crippen LogP contribution in [0, 0.1) is 11.3 Å². The number of rotatable bonds is 4. The van der Waals surface area contributed by atoms with E-state index in [0.717, 1.165) is 5.56 Å². The lowest BCUT2D eigenvalue weighted by Crippen LogP contribution is -2.14. The van der Waals surface area contributed by atoms with Crippen molar-refractivity contribution < 1.29 is 9.59 Å². The van der Waals surface area contributed by atoms with Gasteiger partial charge in [0.05, 0.1) is 18.1 Å². The van der Waals surface area contributed by atoms with Crippen LogP contribution in [0.3, 0.4) is 0 Å². The highest BCUT2D eigenvalue weighted by Crippen LogP contribution is 2.12. The largest absolute Gasteiger partial charge is 0.326 e. The van der Waals surface area contributed by atoms with Gasteiger partial charge in [-0.3, -0.25) is 9.59 Å². The van der Waals surface area contributed by atoms with E-state index >= 15 is 0 Å². The van der Waals surface area contributed by atoms with E-state index in [0.29, 0.717) is 16.9 Å². The Morgan fingerprint density at radius 1 is 0.955 bits per heavy atom. The molecule has 0 spiro atoms. The molecule has 0 saturated carbocycles. The quantitative estimate of drug-likeness (QED) is 0.909. The Kier molecular flexibility index (Phi) is 4.89.